The molecule has 0 heterocycles. The molecule has 0 spiro atoms. The second-order valence-electron chi connectivity index (χ2n) is 4.42. The number of hydrogen-bond donors (Lipinski definition) is 3. The van der Waals surface area contributed by atoms with E-state index in [9.17, 15) is 4.79 Å². The van der Waals surface area contributed by atoms with Crippen LogP contribution in [0.15, 0.2) is 24.3 Å². The molecule has 0 aromatic heterocycles. The zero-order valence-corrected chi connectivity index (χ0v) is 12.8. The van der Waals surface area contributed by atoms with E-state index < -0.39 is 0 Å². The quantitative estimate of drug-likeness (QED) is 0.580. The van der Waals surface area contributed by atoms with Crippen LogP contribution in [0.1, 0.15) is 30.1 Å². The molecule has 0 aliphatic rings. The Bertz CT molecular complexity index is 399. The van der Waals surface area contributed by atoms with Gasteiger partial charge in [-0.3, -0.25) is 4.79 Å². The highest BCUT2D eigenvalue weighted by Gasteiger charge is 2.09. The molecule has 3 N–H and O–H groups in total. The zero-order valence-electron chi connectivity index (χ0n) is 12.0. The van der Waals surface area contributed by atoms with Gasteiger partial charge >= 0.3 is 0 Å². The van der Waals surface area contributed by atoms with Gasteiger partial charge in [0.05, 0.1) is 5.56 Å². The van der Waals surface area contributed by atoms with Crippen molar-refractivity contribution in [3.8, 4) is 0 Å². The zero-order chi connectivity index (χ0) is 14.6. The van der Waals surface area contributed by atoms with Crippen LogP contribution in [-0.2, 0) is 0 Å². The molecule has 20 heavy (non-hydrogen) atoms. The normalized spacial score (nSPS) is 10.3. The van der Waals surface area contributed by atoms with E-state index in [-0.39, 0.29) is 12.5 Å². The third-order valence-electron chi connectivity index (χ3n) is 2.72. The average Bonchev–Trinajstić information content (AvgIpc) is 2.48. The second-order valence-corrected chi connectivity index (χ2v) is 5.64. The van der Waals surface area contributed by atoms with Crippen molar-refractivity contribution < 1.29 is 9.90 Å². The number of anilines is 1. The van der Waals surface area contributed by atoms with Crippen LogP contribution >= 0.6 is 11.8 Å². The number of hydrogen-bond acceptors (Lipinski definition) is 4. The van der Waals surface area contributed by atoms with E-state index in [2.05, 4.69) is 17.6 Å². The summed E-state index contributed by atoms with van der Waals surface area (Å²) in [6, 6.07) is 7.58. The van der Waals surface area contributed by atoms with E-state index in [0.717, 1.165) is 36.6 Å². The molecule has 112 valence electrons. The SMILES string of the molecule is CCCNc1ccccc1C(=O)NCCSCCCO. The van der Waals surface area contributed by atoms with Gasteiger partial charge in [-0.05, 0) is 30.7 Å². The molecule has 0 radical (unpaired) electrons. The third-order valence-corrected chi connectivity index (χ3v) is 3.79. The highest BCUT2D eigenvalue weighted by Crippen LogP contribution is 2.14. The summed E-state index contributed by atoms with van der Waals surface area (Å²) in [6.45, 7) is 3.84. The van der Waals surface area contributed by atoms with Gasteiger partial charge < -0.3 is 15.7 Å². The minimum Gasteiger partial charge on any atom is -0.396 e. The summed E-state index contributed by atoms with van der Waals surface area (Å²) >= 11 is 1.74. The van der Waals surface area contributed by atoms with Crippen LogP contribution in [0.4, 0.5) is 5.69 Å². The van der Waals surface area contributed by atoms with Crippen LogP contribution in [0.25, 0.3) is 0 Å². The Morgan fingerprint density at radius 2 is 2.05 bits per heavy atom. The van der Waals surface area contributed by atoms with Crippen molar-refractivity contribution in [1.82, 2.24) is 5.32 Å². The minimum absolute atomic E-state index is 0.0352. The first kappa shape index (κ1) is 16.9. The van der Waals surface area contributed by atoms with Gasteiger partial charge in [-0.15, -0.1) is 0 Å². The number of para-hydroxylation sites is 1. The Labute approximate surface area is 125 Å². The van der Waals surface area contributed by atoms with Gasteiger partial charge in [0, 0.05) is 31.1 Å². The summed E-state index contributed by atoms with van der Waals surface area (Å²) in [5.74, 6) is 1.77. The van der Waals surface area contributed by atoms with E-state index in [1.54, 1.807) is 11.8 Å². The van der Waals surface area contributed by atoms with Crippen molar-refractivity contribution in [1.29, 1.82) is 0 Å². The van der Waals surface area contributed by atoms with Crippen molar-refractivity contribution in [3.63, 3.8) is 0 Å². The predicted octanol–water partition coefficient (Wildman–Crippen LogP) is 2.35. The number of aliphatic hydroxyl groups is 1. The summed E-state index contributed by atoms with van der Waals surface area (Å²) in [4.78, 5) is 12.1. The van der Waals surface area contributed by atoms with Crippen LogP contribution in [0.5, 0.6) is 0 Å². The van der Waals surface area contributed by atoms with Crippen LogP contribution in [0.3, 0.4) is 0 Å². The number of thioether (sulfide) groups is 1. The maximum atomic E-state index is 12.1. The minimum atomic E-state index is -0.0352. The molecule has 0 aliphatic heterocycles. The lowest BCUT2D eigenvalue weighted by atomic mass is 10.1. The number of carbonyl (C=O) groups is 1. The van der Waals surface area contributed by atoms with Gasteiger partial charge in [-0.25, -0.2) is 0 Å². The van der Waals surface area contributed by atoms with Gasteiger partial charge in [0.1, 0.15) is 0 Å². The molecule has 0 unspecified atom stereocenters. The van der Waals surface area contributed by atoms with Crippen molar-refractivity contribution >= 4 is 23.4 Å². The lowest BCUT2D eigenvalue weighted by Crippen LogP contribution is -2.26. The topological polar surface area (TPSA) is 61.4 Å². The number of aliphatic hydroxyl groups excluding tert-OH is 1. The molecule has 0 aliphatic carbocycles. The van der Waals surface area contributed by atoms with Crippen LogP contribution in [-0.4, -0.2) is 42.2 Å². The number of amides is 1. The maximum absolute atomic E-state index is 12.1. The molecule has 0 bridgehead atoms. The number of nitrogens with one attached hydrogen (secondary N) is 2. The fourth-order valence-electron chi connectivity index (χ4n) is 1.70. The van der Waals surface area contributed by atoms with Gasteiger partial charge in [-0.2, -0.15) is 11.8 Å². The Morgan fingerprint density at radius 3 is 2.80 bits per heavy atom. The summed E-state index contributed by atoms with van der Waals surface area (Å²) in [7, 11) is 0. The molecule has 1 amide bonds. The second kappa shape index (κ2) is 10.6. The molecule has 0 saturated carbocycles. The molecule has 5 heteroatoms. The van der Waals surface area contributed by atoms with Crippen molar-refractivity contribution in [2.24, 2.45) is 0 Å². The van der Waals surface area contributed by atoms with Crippen LogP contribution < -0.4 is 10.6 Å². The smallest absolute Gasteiger partial charge is 0.253 e. The first-order valence-corrected chi connectivity index (χ1v) is 8.24. The molecular formula is C15H24N2O2S. The Balaban J connectivity index is 2.38. The summed E-state index contributed by atoms with van der Waals surface area (Å²) in [6.07, 6.45) is 1.83. The largest absolute Gasteiger partial charge is 0.396 e. The Kier molecular flexibility index (Phi) is 8.91. The standard InChI is InChI=1S/C15H24N2O2S/c1-2-8-16-14-7-4-3-6-13(14)15(19)17-9-12-20-11-5-10-18/h3-4,6-7,16,18H,2,5,8-12H2,1H3,(H,17,19). The van der Waals surface area contributed by atoms with Gasteiger partial charge in [0.2, 0.25) is 0 Å². The molecule has 0 fully saturated rings. The fraction of sp³-hybridized carbons (Fsp3) is 0.533. The highest BCUT2D eigenvalue weighted by molar-refractivity contribution is 7.99. The predicted molar refractivity (Wildman–Crippen MR) is 86.6 cm³/mol. The van der Waals surface area contributed by atoms with E-state index in [1.165, 1.54) is 0 Å². The molecule has 1 aromatic carbocycles. The van der Waals surface area contributed by atoms with E-state index in [4.69, 9.17) is 5.11 Å². The monoisotopic (exact) mass is 296 g/mol. The fourth-order valence-corrected chi connectivity index (χ4v) is 2.48. The van der Waals surface area contributed by atoms with Gasteiger partial charge in [0.15, 0.2) is 0 Å². The molecule has 1 aromatic rings. The van der Waals surface area contributed by atoms with E-state index in [0.29, 0.717) is 12.1 Å². The average molecular weight is 296 g/mol. The highest BCUT2D eigenvalue weighted by atomic mass is 32.2. The van der Waals surface area contributed by atoms with E-state index in [1.807, 2.05) is 24.3 Å². The molecule has 4 nitrogen and oxygen atoms in total. The van der Waals surface area contributed by atoms with Gasteiger partial charge in [0.25, 0.3) is 5.91 Å². The molecule has 0 saturated heterocycles. The summed E-state index contributed by atoms with van der Waals surface area (Å²) in [5.41, 5.74) is 1.58. The number of benzene rings is 1. The van der Waals surface area contributed by atoms with Crippen molar-refractivity contribution in [2.45, 2.75) is 19.8 Å². The Morgan fingerprint density at radius 1 is 1.25 bits per heavy atom. The number of rotatable bonds is 10. The maximum Gasteiger partial charge on any atom is 0.253 e. The molecule has 0 atom stereocenters. The van der Waals surface area contributed by atoms with Gasteiger partial charge in [-0.1, -0.05) is 19.1 Å². The lowest BCUT2D eigenvalue weighted by Gasteiger charge is -2.11. The molecule has 1 rings (SSSR count). The van der Waals surface area contributed by atoms with E-state index >= 15 is 0 Å². The number of carbonyl (C=O) groups excluding carboxylic acids is 1. The third kappa shape index (κ3) is 6.30. The molecular weight excluding hydrogens is 272 g/mol. The van der Waals surface area contributed by atoms with Crippen molar-refractivity contribution in [3.05, 3.63) is 29.8 Å². The summed E-state index contributed by atoms with van der Waals surface area (Å²) in [5, 5.41) is 14.9. The van der Waals surface area contributed by atoms with Crippen LogP contribution in [0.2, 0.25) is 0 Å². The van der Waals surface area contributed by atoms with Crippen molar-refractivity contribution in [2.75, 3.05) is 36.5 Å². The first-order valence-electron chi connectivity index (χ1n) is 7.09. The van der Waals surface area contributed by atoms with Crippen LogP contribution in [0, 0.1) is 0 Å². The summed E-state index contributed by atoms with van der Waals surface area (Å²) < 4.78 is 0. The Hall–Kier alpha value is -1.20. The first-order chi connectivity index (χ1) is 9.79. The lowest BCUT2D eigenvalue weighted by molar-refractivity contribution is 0.0957.